The molecule has 0 amide bonds. The summed E-state index contributed by atoms with van der Waals surface area (Å²) in [5.41, 5.74) is 0.880. The van der Waals surface area contributed by atoms with E-state index in [0.29, 0.717) is 11.1 Å². The van der Waals surface area contributed by atoms with Crippen LogP contribution in [0.3, 0.4) is 0 Å². The molecular weight excluding hydrogens is 339 g/mol. The average Bonchev–Trinajstić information content (AvgIpc) is 2.40. The summed E-state index contributed by atoms with van der Waals surface area (Å²) in [5, 5.41) is 11.1. The maximum absolute atomic E-state index is 12.6. The molecule has 0 aliphatic heterocycles. The molecule has 118 valence electrons. The lowest BCUT2D eigenvalue weighted by molar-refractivity contribution is -0.387. The van der Waals surface area contributed by atoms with Gasteiger partial charge in [0.25, 0.3) is 5.69 Å². The Morgan fingerprint density at radius 3 is 2.05 bits per heavy atom. The van der Waals surface area contributed by atoms with E-state index in [1.165, 1.54) is 12.1 Å². The zero-order valence-electron chi connectivity index (χ0n) is 11.7. The average molecular weight is 355 g/mol. The first-order chi connectivity index (χ1) is 9.75. The Morgan fingerprint density at radius 2 is 1.62 bits per heavy atom. The highest BCUT2D eigenvalue weighted by atomic mass is 35.5. The number of hydrogen-bond donors (Lipinski definition) is 0. The Hall–Kier alpha value is -0.890. The van der Waals surface area contributed by atoms with E-state index >= 15 is 0 Å². The molecule has 0 saturated heterocycles. The first kappa shape index (κ1) is 18.2. The maximum atomic E-state index is 12.6. The summed E-state index contributed by atoms with van der Waals surface area (Å²) in [6.45, 7) is 3.47. The van der Waals surface area contributed by atoms with Gasteiger partial charge in [-0.25, -0.2) is 8.42 Å². The largest absolute Gasteiger partial charge is 0.289 e. The van der Waals surface area contributed by atoms with Gasteiger partial charge in [0.15, 0.2) is 4.90 Å². The van der Waals surface area contributed by atoms with Gasteiger partial charge in [0.2, 0.25) is 10.0 Å². The molecule has 0 N–H and O–H groups in total. The first-order valence-electron chi connectivity index (χ1n) is 6.13. The lowest BCUT2D eigenvalue weighted by atomic mass is 10.1. The van der Waals surface area contributed by atoms with Crippen LogP contribution < -0.4 is 0 Å². The fourth-order valence-electron chi connectivity index (χ4n) is 1.80. The zero-order valence-corrected chi connectivity index (χ0v) is 14.0. The van der Waals surface area contributed by atoms with Gasteiger partial charge in [-0.3, -0.25) is 10.1 Å². The topological polar surface area (TPSA) is 80.5 Å². The van der Waals surface area contributed by atoms with Crippen LogP contribution in [0.5, 0.6) is 0 Å². The minimum atomic E-state index is -4.02. The van der Waals surface area contributed by atoms with E-state index in [1.54, 1.807) is 13.8 Å². The van der Waals surface area contributed by atoms with Crippen molar-refractivity contribution in [3.05, 3.63) is 33.4 Å². The van der Waals surface area contributed by atoms with Crippen LogP contribution >= 0.6 is 23.2 Å². The standard InChI is InChI=1S/C12H16Cl2N2O4S/c1-9-7-11(16(17)18)12(8-10(9)2)21(19,20)15(5-3-13)6-4-14/h7-8H,3-6H2,1-2H3. The Morgan fingerprint density at radius 1 is 1.14 bits per heavy atom. The number of aryl methyl sites for hydroxylation is 2. The summed E-state index contributed by atoms with van der Waals surface area (Å²) in [4.78, 5) is 10.1. The Bertz CT molecular complexity index is 628. The normalized spacial score (nSPS) is 11.9. The maximum Gasteiger partial charge on any atom is 0.289 e. The molecule has 0 atom stereocenters. The summed E-state index contributed by atoms with van der Waals surface area (Å²) >= 11 is 11.2. The molecule has 1 aromatic carbocycles. The number of nitro benzene ring substituents is 1. The molecule has 0 aliphatic carbocycles. The van der Waals surface area contributed by atoms with Crippen molar-refractivity contribution >= 4 is 38.9 Å². The zero-order chi connectivity index (χ0) is 16.2. The van der Waals surface area contributed by atoms with Gasteiger partial charge in [-0.15, -0.1) is 23.2 Å². The molecule has 0 aromatic heterocycles. The lowest BCUT2D eigenvalue weighted by Crippen LogP contribution is -2.34. The van der Waals surface area contributed by atoms with E-state index in [9.17, 15) is 18.5 Å². The SMILES string of the molecule is Cc1cc([N+](=O)[O-])c(S(=O)(=O)N(CCCl)CCCl)cc1C. The third kappa shape index (κ3) is 4.06. The van der Waals surface area contributed by atoms with Gasteiger partial charge in [-0.1, -0.05) is 0 Å². The molecule has 1 rings (SSSR count). The van der Waals surface area contributed by atoms with Crippen molar-refractivity contribution in [2.24, 2.45) is 0 Å². The van der Waals surface area contributed by atoms with E-state index in [2.05, 4.69) is 0 Å². The van der Waals surface area contributed by atoms with Crippen molar-refractivity contribution in [2.75, 3.05) is 24.8 Å². The summed E-state index contributed by atoms with van der Waals surface area (Å²) < 4.78 is 26.3. The van der Waals surface area contributed by atoms with E-state index in [4.69, 9.17) is 23.2 Å². The minimum absolute atomic E-state index is 0.0423. The number of rotatable bonds is 7. The lowest BCUT2D eigenvalue weighted by Gasteiger charge is -2.20. The number of sulfonamides is 1. The molecule has 0 aliphatic rings. The smallest absolute Gasteiger partial charge is 0.258 e. The number of benzene rings is 1. The molecule has 6 nitrogen and oxygen atoms in total. The second-order valence-corrected chi connectivity index (χ2v) is 7.11. The molecule has 0 heterocycles. The van der Waals surface area contributed by atoms with Crippen molar-refractivity contribution < 1.29 is 13.3 Å². The molecule has 0 spiro atoms. The van der Waals surface area contributed by atoms with E-state index < -0.39 is 20.6 Å². The molecule has 0 unspecified atom stereocenters. The van der Waals surface area contributed by atoms with Gasteiger partial charge < -0.3 is 0 Å². The van der Waals surface area contributed by atoms with Crippen molar-refractivity contribution in [1.82, 2.24) is 4.31 Å². The molecule has 1 aromatic rings. The van der Waals surface area contributed by atoms with Crippen LogP contribution in [0.25, 0.3) is 0 Å². The molecule has 9 heteroatoms. The van der Waals surface area contributed by atoms with E-state index in [1.807, 2.05) is 0 Å². The second-order valence-electron chi connectivity index (χ2n) is 4.44. The van der Waals surface area contributed by atoms with E-state index in [-0.39, 0.29) is 29.7 Å². The fraction of sp³-hybridized carbons (Fsp3) is 0.500. The van der Waals surface area contributed by atoms with Gasteiger partial charge in [0.05, 0.1) is 4.92 Å². The van der Waals surface area contributed by atoms with Crippen LogP contribution in [0.4, 0.5) is 5.69 Å². The molecule has 0 fully saturated rings. The van der Waals surface area contributed by atoms with Gasteiger partial charge in [-0.2, -0.15) is 4.31 Å². The van der Waals surface area contributed by atoms with Crippen LogP contribution in [0.15, 0.2) is 17.0 Å². The fourth-order valence-corrected chi connectivity index (χ4v) is 4.08. The highest BCUT2D eigenvalue weighted by molar-refractivity contribution is 7.89. The quantitative estimate of drug-likeness (QED) is 0.428. The van der Waals surface area contributed by atoms with Crippen LogP contribution in [-0.4, -0.2) is 42.5 Å². The predicted octanol–water partition coefficient (Wildman–Crippen LogP) is 2.68. The Balaban J connectivity index is 3.48. The number of alkyl halides is 2. The number of nitrogens with zero attached hydrogens (tertiary/aromatic N) is 2. The predicted molar refractivity (Wildman–Crippen MR) is 82.8 cm³/mol. The van der Waals surface area contributed by atoms with Crippen LogP contribution in [0.1, 0.15) is 11.1 Å². The van der Waals surface area contributed by atoms with Crippen LogP contribution in [0.2, 0.25) is 0 Å². The molecule has 0 radical (unpaired) electrons. The number of hydrogen-bond acceptors (Lipinski definition) is 4. The summed E-state index contributed by atoms with van der Waals surface area (Å²) in [5.74, 6) is 0.156. The Kier molecular flexibility index (Phi) is 6.40. The van der Waals surface area contributed by atoms with Gasteiger partial charge in [0.1, 0.15) is 0 Å². The van der Waals surface area contributed by atoms with Crippen molar-refractivity contribution in [1.29, 1.82) is 0 Å². The van der Waals surface area contributed by atoms with Gasteiger partial charge in [0, 0.05) is 30.9 Å². The first-order valence-corrected chi connectivity index (χ1v) is 8.64. The summed E-state index contributed by atoms with van der Waals surface area (Å²) in [6, 6.07) is 2.58. The molecular formula is C12H16Cl2N2O4S. The number of halogens is 2. The third-order valence-corrected chi connectivity index (χ3v) is 5.32. The van der Waals surface area contributed by atoms with Crippen molar-refractivity contribution in [2.45, 2.75) is 18.7 Å². The van der Waals surface area contributed by atoms with Crippen molar-refractivity contribution in [3.63, 3.8) is 0 Å². The summed E-state index contributed by atoms with van der Waals surface area (Å²) in [6.07, 6.45) is 0. The third-order valence-electron chi connectivity index (χ3n) is 3.06. The van der Waals surface area contributed by atoms with Crippen LogP contribution in [-0.2, 0) is 10.0 Å². The van der Waals surface area contributed by atoms with Gasteiger partial charge in [-0.05, 0) is 31.0 Å². The molecule has 21 heavy (non-hydrogen) atoms. The van der Waals surface area contributed by atoms with Crippen molar-refractivity contribution in [3.8, 4) is 0 Å². The number of nitro groups is 1. The summed E-state index contributed by atoms with van der Waals surface area (Å²) in [7, 11) is -4.02. The second kappa shape index (κ2) is 7.40. The Labute approximate surface area is 133 Å². The monoisotopic (exact) mass is 354 g/mol. The highest BCUT2D eigenvalue weighted by Gasteiger charge is 2.31. The molecule has 0 bridgehead atoms. The molecule has 0 saturated carbocycles. The van der Waals surface area contributed by atoms with E-state index in [0.717, 1.165) is 4.31 Å². The minimum Gasteiger partial charge on any atom is -0.258 e. The highest BCUT2D eigenvalue weighted by Crippen LogP contribution is 2.29. The van der Waals surface area contributed by atoms with Gasteiger partial charge >= 0.3 is 0 Å². The van der Waals surface area contributed by atoms with Crippen LogP contribution in [0, 0.1) is 24.0 Å².